The van der Waals surface area contributed by atoms with Gasteiger partial charge in [0.2, 0.25) is 5.91 Å². The molecule has 0 bridgehead atoms. The van der Waals surface area contributed by atoms with E-state index in [1.807, 2.05) is 72.3 Å². The Kier molecular flexibility index (Phi) is 11.0. The summed E-state index contributed by atoms with van der Waals surface area (Å²) < 4.78 is 1.98. The normalized spacial score (nSPS) is 16.4. The van der Waals surface area contributed by atoms with Crippen LogP contribution in [-0.2, 0) is 17.8 Å². The number of carbonyl (C=O) groups is 3. The lowest BCUT2D eigenvalue weighted by Gasteiger charge is -2.30. The average molecular weight is 722 g/mol. The van der Waals surface area contributed by atoms with Crippen LogP contribution in [0.4, 0.5) is 11.4 Å². The summed E-state index contributed by atoms with van der Waals surface area (Å²) in [5, 5.41) is 24.7. The average Bonchev–Trinajstić information content (AvgIpc) is 3.60. The first-order valence-electron chi connectivity index (χ1n) is 19.0. The largest absolute Gasteiger partial charge is 0.478 e. The number of nitrogens with one attached hydrogen (secondary N) is 3. The molecule has 2 amide bonds. The molecule has 9 nitrogen and oxygen atoms in total. The molecule has 2 heterocycles. The summed E-state index contributed by atoms with van der Waals surface area (Å²) in [6.07, 6.45) is 11.8. The number of aromatic carboxylic acids is 1. The van der Waals surface area contributed by atoms with E-state index in [0.29, 0.717) is 23.2 Å². The minimum atomic E-state index is -0.968. The molecular formula is C45H47N5O4. The molecule has 2 atom stereocenters. The molecule has 1 unspecified atom stereocenters. The van der Waals surface area contributed by atoms with Crippen molar-refractivity contribution in [2.45, 2.75) is 64.5 Å². The molecule has 1 saturated heterocycles. The number of benzene rings is 4. The van der Waals surface area contributed by atoms with Crippen LogP contribution in [0.2, 0.25) is 0 Å². The Labute approximate surface area is 316 Å². The molecule has 1 aliphatic heterocycles. The van der Waals surface area contributed by atoms with Crippen molar-refractivity contribution in [1.82, 2.24) is 9.88 Å². The lowest BCUT2D eigenvalue weighted by molar-refractivity contribution is -0.124. The second kappa shape index (κ2) is 16.4. The van der Waals surface area contributed by atoms with E-state index >= 15 is 0 Å². The number of amides is 2. The number of nitrogens with zero attached hydrogens (tertiary/aromatic N) is 2. The lowest BCUT2D eigenvalue weighted by Crippen LogP contribution is -2.35. The van der Waals surface area contributed by atoms with Gasteiger partial charge in [-0.25, -0.2) is 4.79 Å². The van der Waals surface area contributed by atoms with E-state index in [1.54, 1.807) is 18.2 Å². The van der Waals surface area contributed by atoms with Crippen molar-refractivity contribution in [1.29, 1.82) is 5.41 Å². The molecule has 1 aromatic heterocycles. The summed E-state index contributed by atoms with van der Waals surface area (Å²) in [5.74, 6) is -1.88. The minimum absolute atomic E-state index is 0.0594. The molecule has 4 N–H and O–H groups in total. The van der Waals surface area contributed by atoms with Gasteiger partial charge in [-0.2, -0.15) is 0 Å². The van der Waals surface area contributed by atoms with E-state index in [2.05, 4.69) is 39.8 Å². The van der Waals surface area contributed by atoms with Gasteiger partial charge in [0.1, 0.15) is 0 Å². The number of carboxylic acid groups (broad SMARTS) is 1. The van der Waals surface area contributed by atoms with Gasteiger partial charge in [-0.1, -0.05) is 48.5 Å². The van der Waals surface area contributed by atoms with E-state index in [1.165, 1.54) is 23.8 Å². The number of piperidine rings is 1. The van der Waals surface area contributed by atoms with Crippen molar-refractivity contribution in [2.75, 3.05) is 23.3 Å². The van der Waals surface area contributed by atoms with Gasteiger partial charge in [0.15, 0.2) is 0 Å². The molecule has 1 aliphatic carbocycles. The van der Waals surface area contributed by atoms with E-state index < -0.39 is 11.9 Å². The number of fused-ring (bicyclic) bond motifs is 2. The quantitative estimate of drug-likeness (QED) is 0.0958. The highest BCUT2D eigenvalue weighted by Gasteiger charge is 2.25. The van der Waals surface area contributed by atoms with E-state index in [9.17, 15) is 19.5 Å². The molecule has 0 spiro atoms. The highest BCUT2D eigenvalue weighted by Crippen LogP contribution is 2.33. The fraction of sp³-hybridized carbons (Fsp3) is 0.289. The number of allylic oxidation sites excluding steroid dienone is 1. The van der Waals surface area contributed by atoms with Gasteiger partial charge >= 0.3 is 5.97 Å². The predicted molar refractivity (Wildman–Crippen MR) is 216 cm³/mol. The number of aryl methyl sites for hydroxylation is 1. The molecule has 2 aliphatic rings. The Morgan fingerprint density at radius 1 is 0.907 bits per heavy atom. The van der Waals surface area contributed by atoms with Gasteiger partial charge in [-0.3, -0.25) is 9.59 Å². The zero-order valence-corrected chi connectivity index (χ0v) is 30.7. The van der Waals surface area contributed by atoms with Crippen LogP contribution in [0.15, 0.2) is 103 Å². The highest BCUT2D eigenvalue weighted by atomic mass is 16.4. The van der Waals surface area contributed by atoms with Crippen LogP contribution in [0.3, 0.4) is 0 Å². The zero-order valence-electron chi connectivity index (χ0n) is 30.7. The highest BCUT2D eigenvalue weighted by molar-refractivity contribution is 6.06. The molecule has 54 heavy (non-hydrogen) atoms. The van der Waals surface area contributed by atoms with Crippen molar-refractivity contribution < 1.29 is 19.5 Å². The second-order valence-electron chi connectivity index (χ2n) is 14.5. The summed E-state index contributed by atoms with van der Waals surface area (Å²) in [6, 6.07) is 28.9. The van der Waals surface area contributed by atoms with Crippen molar-refractivity contribution in [3.05, 3.63) is 137 Å². The molecule has 0 saturated carbocycles. The molecule has 5 aromatic rings. The minimum Gasteiger partial charge on any atom is -0.478 e. The van der Waals surface area contributed by atoms with E-state index in [4.69, 9.17) is 5.41 Å². The Balaban J connectivity index is 1.15. The Hall–Kier alpha value is -5.96. The van der Waals surface area contributed by atoms with E-state index in [-0.39, 0.29) is 29.8 Å². The van der Waals surface area contributed by atoms with Gasteiger partial charge in [-0.15, -0.1) is 0 Å². The number of rotatable bonds is 12. The van der Waals surface area contributed by atoms with Crippen molar-refractivity contribution >= 4 is 51.8 Å². The van der Waals surface area contributed by atoms with Crippen molar-refractivity contribution in [3.8, 4) is 0 Å². The van der Waals surface area contributed by atoms with Crippen molar-refractivity contribution in [3.63, 3.8) is 0 Å². The van der Waals surface area contributed by atoms with Crippen LogP contribution in [-0.4, -0.2) is 46.8 Å². The third kappa shape index (κ3) is 8.00. The lowest BCUT2D eigenvalue weighted by atomic mass is 9.87. The topological polar surface area (TPSA) is 128 Å². The first-order valence-corrected chi connectivity index (χ1v) is 19.0. The summed E-state index contributed by atoms with van der Waals surface area (Å²) in [7, 11) is 0. The van der Waals surface area contributed by atoms with Crippen LogP contribution in [0.25, 0.3) is 16.5 Å². The zero-order chi connectivity index (χ0) is 37.6. The van der Waals surface area contributed by atoms with Crippen LogP contribution >= 0.6 is 0 Å². The van der Waals surface area contributed by atoms with Crippen molar-refractivity contribution in [2.24, 2.45) is 5.92 Å². The molecule has 7 rings (SSSR count). The second-order valence-corrected chi connectivity index (χ2v) is 14.5. The molecule has 9 heteroatoms. The SMILES string of the molecule is C/C(=C\C(CC=N)C(=O)N[C@H]1CCCc2ccccc21)c1cc(N2CCCCC2)ccc1NC(=O)c1cccc(Cn2ccc3c(C(=O)O)cccc32)c1. The third-order valence-electron chi connectivity index (χ3n) is 10.8. The van der Waals surface area contributed by atoms with Gasteiger partial charge in [0.05, 0.1) is 17.5 Å². The Morgan fingerprint density at radius 2 is 1.72 bits per heavy atom. The summed E-state index contributed by atoms with van der Waals surface area (Å²) in [5.41, 5.74) is 8.32. The van der Waals surface area contributed by atoms with Gasteiger partial charge in [0, 0.05) is 59.2 Å². The Morgan fingerprint density at radius 3 is 2.54 bits per heavy atom. The van der Waals surface area contributed by atoms with Crippen LogP contribution in [0, 0.1) is 11.3 Å². The number of anilines is 2. The predicted octanol–water partition coefficient (Wildman–Crippen LogP) is 8.88. The first kappa shape index (κ1) is 36.4. The monoisotopic (exact) mass is 721 g/mol. The van der Waals surface area contributed by atoms with Gasteiger partial charge in [-0.05, 0) is 129 Å². The molecular weight excluding hydrogens is 675 g/mol. The standard InChI is InChI=1S/C45H47N5O4/c1-30(26-34(20-22-46)44(52)47-40-16-8-12-32-11-3-4-14-36(32)40)39-28-35(49-23-5-2-6-24-49)18-19-41(39)48-43(51)33-13-7-10-31(27-33)29-50-25-21-37-38(45(53)54)15-9-17-42(37)50/h3-4,7,9-11,13-15,17-19,21-22,25-28,34,40,46H,2,5-6,8,12,16,20,23-24,29H2,1H3,(H,47,52)(H,48,51)(H,53,54)/b30-26+,46-22?/t34?,40-/m0/s1. The molecule has 1 fully saturated rings. The molecule has 4 aromatic carbocycles. The van der Waals surface area contributed by atoms with Gasteiger partial charge in [0.25, 0.3) is 5.91 Å². The molecule has 276 valence electrons. The third-order valence-corrected chi connectivity index (χ3v) is 10.8. The summed E-state index contributed by atoms with van der Waals surface area (Å²) >= 11 is 0. The Bertz CT molecular complexity index is 2230. The number of aromatic nitrogens is 1. The summed E-state index contributed by atoms with van der Waals surface area (Å²) in [6.45, 7) is 4.38. The van der Waals surface area contributed by atoms with Crippen LogP contribution in [0.5, 0.6) is 0 Å². The first-order chi connectivity index (χ1) is 26.3. The summed E-state index contributed by atoms with van der Waals surface area (Å²) in [4.78, 5) is 41.9. The number of carbonyl (C=O) groups excluding carboxylic acids is 2. The number of carboxylic acids is 1. The van der Waals surface area contributed by atoms with Crippen LogP contribution < -0.4 is 15.5 Å². The van der Waals surface area contributed by atoms with Gasteiger partial charge < -0.3 is 30.6 Å². The van der Waals surface area contributed by atoms with Crippen LogP contribution in [0.1, 0.15) is 94.5 Å². The fourth-order valence-corrected chi connectivity index (χ4v) is 8.02. The maximum Gasteiger partial charge on any atom is 0.336 e. The maximum absolute atomic E-state index is 13.9. The number of hydrogen-bond acceptors (Lipinski definition) is 5. The maximum atomic E-state index is 13.9. The smallest absolute Gasteiger partial charge is 0.336 e. The van der Waals surface area contributed by atoms with E-state index in [0.717, 1.165) is 73.1 Å². The number of hydrogen-bond donors (Lipinski definition) is 4. The molecule has 0 radical (unpaired) electrons. The fourth-order valence-electron chi connectivity index (χ4n) is 8.02.